The van der Waals surface area contributed by atoms with E-state index in [2.05, 4.69) is 197 Å². The molecule has 2 fully saturated rings. The van der Waals surface area contributed by atoms with Crippen LogP contribution in [-0.2, 0) is 16.0 Å². The lowest BCUT2D eigenvalue weighted by Crippen LogP contribution is -2.29. The van der Waals surface area contributed by atoms with Crippen LogP contribution in [-0.4, -0.2) is 15.7 Å². The maximum atomic E-state index is 6.63. The summed E-state index contributed by atoms with van der Waals surface area (Å²) >= 11 is 0. The van der Waals surface area contributed by atoms with Crippen LogP contribution in [0.4, 0.5) is 17.1 Å². The fourth-order valence-electron chi connectivity index (χ4n) is 12.8. The minimum atomic E-state index is -0.476. The van der Waals surface area contributed by atoms with Crippen LogP contribution in [0.25, 0.3) is 55.3 Å². The van der Waals surface area contributed by atoms with Crippen LogP contribution >= 0.6 is 0 Å². The highest BCUT2D eigenvalue weighted by atomic mass is 16.3. The van der Waals surface area contributed by atoms with E-state index in [0.717, 1.165) is 33.3 Å². The Hall–Kier alpha value is -6.51. The topological polar surface area (TPSA) is 16.4 Å². The molecule has 0 aliphatic heterocycles. The number of benzene rings is 8. The number of para-hydroxylation sites is 2. The van der Waals surface area contributed by atoms with E-state index in [-0.39, 0.29) is 10.6 Å². The molecule has 0 radical (unpaired) electrons. The molecular weight excluding hydrogens is 760 g/mol. The quantitative estimate of drug-likeness (QED) is 0.156. The first-order chi connectivity index (χ1) is 30.9. The van der Waals surface area contributed by atoms with Crippen molar-refractivity contribution in [1.82, 2.24) is 0 Å². The van der Waals surface area contributed by atoms with Crippen molar-refractivity contribution in [3.63, 3.8) is 0 Å². The summed E-state index contributed by atoms with van der Waals surface area (Å²) in [5.74, 6) is 0. The number of anilines is 3. The summed E-state index contributed by atoms with van der Waals surface area (Å²) in [6, 6.07) is 66.8. The van der Waals surface area contributed by atoms with Gasteiger partial charge in [0.25, 0.3) is 0 Å². The summed E-state index contributed by atoms with van der Waals surface area (Å²) in [4.78, 5) is 2.52. The Labute approximate surface area is 372 Å². The Balaban J connectivity index is 1.12. The van der Waals surface area contributed by atoms with Gasteiger partial charge in [0.1, 0.15) is 26.9 Å². The summed E-state index contributed by atoms with van der Waals surface area (Å²) in [5.41, 5.74) is 21.1. The van der Waals surface area contributed by atoms with Gasteiger partial charge in [-0.3, -0.25) is 0 Å². The molecule has 2 nitrogen and oxygen atoms in total. The normalized spacial score (nSPS) is 17.2. The summed E-state index contributed by atoms with van der Waals surface area (Å²) in [7, 11) is 5.04. The maximum Gasteiger partial charge on any atom is 0.137 e. The third-order valence-corrected chi connectivity index (χ3v) is 16.1. The largest absolute Gasteiger partial charge is 0.456 e. The highest BCUT2D eigenvalue weighted by Gasteiger charge is 2.53. The number of hydrogen-bond acceptors (Lipinski definition) is 2. The van der Waals surface area contributed by atoms with Crippen LogP contribution in [0, 0.1) is 0 Å². The molecule has 4 aliphatic rings. The van der Waals surface area contributed by atoms with Gasteiger partial charge in [-0.2, -0.15) is 0 Å². The SMILES string of the molecule is BC1(c2ccc3c(c2)C2(c4cc(C5(B)CCCC5)ccc4-3)c3ccccc3-c3c(N(c4ccc5c(c4)oc4ccccc45)c4ccccc4-c4ccccc4)cccc32)CCCC1. The van der Waals surface area contributed by atoms with Crippen molar-refractivity contribution in [3.8, 4) is 33.4 Å². The van der Waals surface area contributed by atoms with Crippen LogP contribution < -0.4 is 4.90 Å². The fraction of sp³-hybridized carbons (Fsp3) is 0.186. The van der Waals surface area contributed by atoms with Crippen molar-refractivity contribution in [1.29, 1.82) is 0 Å². The van der Waals surface area contributed by atoms with E-state index in [4.69, 9.17) is 4.42 Å². The van der Waals surface area contributed by atoms with Crippen LogP contribution in [0.1, 0.15) is 84.7 Å². The monoisotopic (exact) mass is 809 g/mol. The first kappa shape index (κ1) is 37.1. The molecule has 0 unspecified atom stereocenters. The van der Waals surface area contributed by atoms with Gasteiger partial charge >= 0.3 is 0 Å². The molecule has 8 aromatic carbocycles. The summed E-state index contributed by atoms with van der Waals surface area (Å²) in [6.07, 6.45) is 10.2. The number of furan rings is 1. The third kappa shape index (κ3) is 5.27. The van der Waals surface area contributed by atoms with E-state index in [1.54, 1.807) is 0 Å². The molecule has 1 heterocycles. The van der Waals surface area contributed by atoms with E-state index in [1.807, 2.05) is 0 Å². The standard InChI is InChI=1S/C59H49B2NO/c60-57(31-10-11-32-57)39-25-28-43-44-29-26-40(58(61)33-12-13-34-58)36-51(44)59(50(43)35-39)48-20-7-4-19-47(48)56-49(59)21-14-23-53(56)62(52-22-8-5-17-42(52)38-15-2-1-3-16-38)41-27-30-46-45-18-6-9-24-54(45)63-55(46)37-41/h1-9,14-30,35-37H,10-13,31-34,60-61H2. The Kier molecular flexibility index (Phi) is 8.09. The van der Waals surface area contributed by atoms with Gasteiger partial charge in [-0.1, -0.05) is 191 Å². The molecule has 0 bridgehead atoms. The third-order valence-electron chi connectivity index (χ3n) is 16.1. The first-order valence-electron chi connectivity index (χ1n) is 23.3. The van der Waals surface area contributed by atoms with Gasteiger partial charge in [0.2, 0.25) is 0 Å². The summed E-state index contributed by atoms with van der Waals surface area (Å²) in [6.45, 7) is 0. The fourth-order valence-corrected chi connectivity index (χ4v) is 12.8. The molecule has 1 aromatic heterocycles. The van der Waals surface area contributed by atoms with Crippen molar-refractivity contribution < 1.29 is 4.42 Å². The summed E-state index contributed by atoms with van der Waals surface area (Å²) in [5, 5.41) is 2.64. The zero-order valence-corrected chi connectivity index (χ0v) is 36.3. The average Bonchev–Trinajstić information content (AvgIpc) is 4.17. The van der Waals surface area contributed by atoms with Gasteiger partial charge in [-0.25, -0.2) is 0 Å². The van der Waals surface area contributed by atoms with Crippen LogP contribution in [0.5, 0.6) is 0 Å². The van der Waals surface area contributed by atoms with Crippen molar-refractivity contribution in [2.75, 3.05) is 4.90 Å². The molecular formula is C59H49B2NO. The van der Waals surface area contributed by atoms with Crippen LogP contribution in [0.3, 0.4) is 0 Å². The van der Waals surface area contributed by atoms with Gasteiger partial charge in [0.15, 0.2) is 0 Å². The molecule has 2 saturated carbocycles. The molecule has 4 heteroatoms. The predicted octanol–water partition coefficient (Wildman–Crippen LogP) is 13.9. The second kappa shape index (κ2) is 13.7. The number of nitrogens with zero attached hydrogens (tertiary/aromatic N) is 1. The highest BCUT2D eigenvalue weighted by molar-refractivity contribution is 6.17. The van der Waals surface area contributed by atoms with E-state index in [0.29, 0.717) is 0 Å². The lowest BCUT2D eigenvalue weighted by Gasteiger charge is -2.34. The van der Waals surface area contributed by atoms with Crippen molar-refractivity contribution >= 4 is 54.7 Å². The molecule has 302 valence electrons. The predicted molar refractivity (Wildman–Crippen MR) is 268 cm³/mol. The van der Waals surface area contributed by atoms with Gasteiger partial charge in [0.05, 0.1) is 16.8 Å². The van der Waals surface area contributed by atoms with Crippen molar-refractivity contribution in [3.05, 3.63) is 209 Å². The molecule has 13 rings (SSSR count). The van der Waals surface area contributed by atoms with Crippen molar-refractivity contribution in [2.45, 2.75) is 67.4 Å². The lowest BCUT2D eigenvalue weighted by atomic mass is 9.61. The highest BCUT2D eigenvalue weighted by Crippen LogP contribution is 2.66. The van der Waals surface area contributed by atoms with Crippen LogP contribution in [0.2, 0.25) is 0 Å². The second-order valence-corrected chi connectivity index (χ2v) is 19.5. The van der Waals surface area contributed by atoms with Gasteiger partial charge in [-0.15, -0.1) is 0 Å². The Morgan fingerprint density at radius 3 is 1.70 bits per heavy atom. The summed E-state index contributed by atoms with van der Waals surface area (Å²) < 4.78 is 6.63. The van der Waals surface area contributed by atoms with E-state index in [9.17, 15) is 0 Å². The van der Waals surface area contributed by atoms with Crippen LogP contribution in [0.15, 0.2) is 180 Å². The Morgan fingerprint density at radius 1 is 0.413 bits per heavy atom. The number of fused-ring (bicyclic) bond motifs is 13. The molecule has 9 aromatic rings. The lowest BCUT2D eigenvalue weighted by molar-refractivity contribution is 0.630. The number of hydrogen-bond donors (Lipinski definition) is 0. The minimum absolute atomic E-state index is 0.184. The molecule has 63 heavy (non-hydrogen) atoms. The first-order valence-corrected chi connectivity index (χ1v) is 23.3. The molecule has 0 saturated heterocycles. The second-order valence-electron chi connectivity index (χ2n) is 19.5. The zero-order valence-electron chi connectivity index (χ0n) is 36.3. The average molecular weight is 810 g/mol. The minimum Gasteiger partial charge on any atom is -0.456 e. The maximum absolute atomic E-state index is 6.63. The molecule has 0 atom stereocenters. The smallest absolute Gasteiger partial charge is 0.137 e. The Morgan fingerprint density at radius 2 is 0.984 bits per heavy atom. The van der Waals surface area contributed by atoms with Gasteiger partial charge in [0, 0.05) is 33.7 Å². The van der Waals surface area contributed by atoms with E-state index in [1.165, 1.54) is 124 Å². The molecule has 0 amide bonds. The van der Waals surface area contributed by atoms with E-state index < -0.39 is 5.41 Å². The Bertz CT molecular complexity index is 3220. The molecule has 4 aliphatic carbocycles. The van der Waals surface area contributed by atoms with Crippen molar-refractivity contribution in [2.24, 2.45) is 0 Å². The molecule has 0 N–H and O–H groups in total. The van der Waals surface area contributed by atoms with E-state index >= 15 is 0 Å². The zero-order chi connectivity index (χ0) is 41.9. The van der Waals surface area contributed by atoms with Gasteiger partial charge < -0.3 is 9.32 Å². The number of rotatable bonds is 6. The molecule has 1 spiro atoms. The van der Waals surface area contributed by atoms with Gasteiger partial charge in [-0.05, 0) is 96.6 Å².